The van der Waals surface area contributed by atoms with Crippen LogP contribution in [0.3, 0.4) is 0 Å². The van der Waals surface area contributed by atoms with Gasteiger partial charge in [-0.25, -0.2) is 9.50 Å². The molecule has 0 bridgehead atoms. The number of benzene rings is 1. The number of esters is 1. The van der Waals surface area contributed by atoms with Crippen molar-refractivity contribution in [1.82, 2.24) is 19.6 Å². The summed E-state index contributed by atoms with van der Waals surface area (Å²) in [5.41, 5.74) is 3.42. The van der Waals surface area contributed by atoms with E-state index in [1.807, 2.05) is 51.1 Å². The molecule has 0 saturated carbocycles. The van der Waals surface area contributed by atoms with Crippen LogP contribution in [0, 0.1) is 13.8 Å². The van der Waals surface area contributed by atoms with Gasteiger partial charge in [-0.2, -0.15) is 10.1 Å². The monoisotopic (exact) mass is 381 g/mol. The van der Waals surface area contributed by atoms with Gasteiger partial charge in [0.05, 0.1) is 0 Å². The normalized spacial score (nSPS) is 10.8. The minimum atomic E-state index is -0.421. The topological polar surface area (TPSA) is 89.7 Å². The van der Waals surface area contributed by atoms with Crippen molar-refractivity contribution >= 4 is 23.3 Å². The second-order valence-corrected chi connectivity index (χ2v) is 6.37. The molecular weight excluding hydrogens is 358 g/mol. The molecule has 3 aromatic rings. The van der Waals surface area contributed by atoms with E-state index in [2.05, 4.69) is 15.1 Å². The van der Waals surface area contributed by atoms with Crippen LogP contribution in [-0.2, 0) is 20.7 Å². The van der Waals surface area contributed by atoms with Gasteiger partial charge in [-0.15, -0.1) is 0 Å². The molecule has 0 atom stereocenters. The van der Waals surface area contributed by atoms with Gasteiger partial charge in [0, 0.05) is 30.0 Å². The molecule has 2 aromatic heterocycles. The lowest BCUT2D eigenvalue weighted by Gasteiger charge is -2.20. The maximum atomic E-state index is 12.4. The molecule has 1 amide bonds. The number of likely N-dealkylation sites (N-methyl/N-ethyl adjacent to an activating group) is 1. The highest BCUT2D eigenvalue weighted by Crippen LogP contribution is 2.16. The molecule has 2 heterocycles. The van der Waals surface area contributed by atoms with Gasteiger partial charge < -0.3 is 9.64 Å². The van der Waals surface area contributed by atoms with Crippen molar-refractivity contribution in [3.8, 4) is 0 Å². The third-order valence-electron chi connectivity index (χ3n) is 4.61. The van der Waals surface area contributed by atoms with E-state index >= 15 is 0 Å². The average molecular weight is 381 g/mol. The molecule has 3 rings (SSSR count). The highest BCUT2D eigenvalue weighted by Gasteiger charge is 2.17. The van der Waals surface area contributed by atoms with E-state index < -0.39 is 5.97 Å². The second-order valence-electron chi connectivity index (χ2n) is 6.37. The largest absolute Gasteiger partial charge is 0.456 e. The fourth-order valence-corrected chi connectivity index (χ4v) is 3.15. The van der Waals surface area contributed by atoms with Gasteiger partial charge in [-0.05, 0) is 44.9 Å². The predicted octanol–water partition coefficient (Wildman–Crippen LogP) is 2.27. The van der Waals surface area contributed by atoms with E-state index in [0.29, 0.717) is 18.7 Å². The summed E-state index contributed by atoms with van der Waals surface area (Å²) in [6.45, 7) is 5.90. The Bertz CT molecular complexity index is 984. The van der Waals surface area contributed by atoms with Crippen molar-refractivity contribution in [2.45, 2.75) is 33.6 Å². The number of aryl methyl sites for hydroxylation is 2. The number of aromatic nitrogens is 4. The number of carbonyl (C=O) groups excluding carboxylic acids is 2. The fraction of sp³-hybridized carbons (Fsp3) is 0.350. The molecule has 1 aromatic carbocycles. The predicted molar refractivity (Wildman–Crippen MR) is 104 cm³/mol. The van der Waals surface area contributed by atoms with E-state index in [1.165, 1.54) is 6.33 Å². The van der Waals surface area contributed by atoms with Gasteiger partial charge in [-0.1, -0.05) is 18.2 Å². The number of rotatable bonds is 7. The Morgan fingerprint density at radius 1 is 1.18 bits per heavy atom. The molecule has 8 nitrogen and oxygen atoms in total. The Labute approximate surface area is 163 Å². The molecule has 28 heavy (non-hydrogen) atoms. The summed E-state index contributed by atoms with van der Waals surface area (Å²) in [5, 5.41) is 4.14. The molecule has 0 radical (unpaired) electrons. The fourth-order valence-electron chi connectivity index (χ4n) is 3.15. The smallest absolute Gasteiger partial charge is 0.306 e. The van der Waals surface area contributed by atoms with Gasteiger partial charge >= 0.3 is 5.97 Å². The molecule has 0 aliphatic rings. The Morgan fingerprint density at radius 3 is 2.64 bits per heavy atom. The summed E-state index contributed by atoms with van der Waals surface area (Å²) in [6.07, 6.45) is 2.07. The molecular formula is C20H23N5O3. The quantitative estimate of drug-likeness (QED) is 0.583. The number of ether oxygens (including phenoxy) is 1. The standard InChI is InChI=1S/C20H23N5O3/c1-4-24(16-8-6-5-7-9-16)18(26)12-28-19(27)11-10-17-14(2)23-20-21-13-22-25(20)15(17)3/h5-9,13H,4,10-12H2,1-3H3. The number of carbonyl (C=O) groups is 2. The highest BCUT2D eigenvalue weighted by atomic mass is 16.5. The SMILES string of the molecule is CCN(C(=O)COC(=O)CCc1c(C)nc2ncnn2c1C)c1ccccc1. The van der Waals surface area contributed by atoms with E-state index in [-0.39, 0.29) is 18.9 Å². The molecule has 0 aliphatic carbocycles. The number of amides is 1. The third kappa shape index (κ3) is 4.16. The summed E-state index contributed by atoms with van der Waals surface area (Å²) in [6, 6.07) is 9.31. The minimum absolute atomic E-state index is 0.161. The molecule has 0 spiro atoms. The highest BCUT2D eigenvalue weighted by molar-refractivity contribution is 5.95. The van der Waals surface area contributed by atoms with Crippen LogP contribution in [0.1, 0.15) is 30.3 Å². The van der Waals surface area contributed by atoms with Crippen LogP contribution < -0.4 is 4.90 Å². The van der Waals surface area contributed by atoms with Crippen LogP contribution in [0.15, 0.2) is 36.7 Å². The van der Waals surface area contributed by atoms with Gasteiger partial charge in [0.15, 0.2) is 6.61 Å². The summed E-state index contributed by atoms with van der Waals surface area (Å²) in [5.74, 6) is -0.137. The zero-order valence-corrected chi connectivity index (χ0v) is 16.3. The lowest BCUT2D eigenvalue weighted by atomic mass is 10.1. The lowest BCUT2D eigenvalue weighted by Crippen LogP contribution is -2.34. The van der Waals surface area contributed by atoms with Crippen molar-refractivity contribution in [2.75, 3.05) is 18.1 Å². The van der Waals surface area contributed by atoms with Gasteiger partial charge in [-0.3, -0.25) is 9.59 Å². The van der Waals surface area contributed by atoms with Crippen LogP contribution in [0.2, 0.25) is 0 Å². The van der Waals surface area contributed by atoms with Crippen molar-refractivity contribution < 1.29 is 14.3 Å². The maximum absolute atomic E-state index is 12.4. The number of anilines is 1. The molecule has 0 aliphatic heterocycles. The van der Waals surface area contributed by atoms with Crippen LogP contribution in [0.4, 0.5) is 5.69 Å². The van der Waals surface area contributed by atoms with Crippen molar-refractivity contribution in [3.05, 3.63) is 53.6 Å². The van der Waals surface area contributed by atoms with Gasteiger partial charge in [0.25, 0.3) is 11.7 Å². The first kappa shape index (κ1) is 19.5. The van der Waals surface area contributed by atoms with Crippen molar-refractivity contribution in [2.24, 2.45) is 0 Å². The molecule has 0 fully saturated rings. The molecule has 146 valence electrons. The van der Waals surface area contributed by atoms with E-state index in [4.69, 9.17) is 4.74 Å². The van der Waals surface area contributed by atoms with Crippen molar-refractivity contribution in [3.63, 3.8) is 0 Å². The Morgan fingerprint density at radius 2 is 1.93 bits per heavy atom. The van der Waals surface area contributed by atoms with E-state index in [1.54, 1.807) is 9.42 Å². The Kier molecular flexibility index (Phi) is 5.98. The van der Waals surface area contributed by atoms with Crippen LogP contribution in [-0.4, -0.2) is 44.6 Å². The number of hydrogen-bond donors (Lipinski definition) is 0. The summed E-state index contributed by atoms with van der Waals surface area (Å²) >= 11 is 0. The van der Waals surface area contributed by atoms with Crippen molar-refractivity contribution in [1.29, 1.82) is 0 Å². The van der Waals surface area contributed by atoms with Gasteiger partial charge in [0.1, 0.15) is 6.33 Å². The van der Waals surface area contributed by atoms with E-state index in [0.717, 1.165) is 22.6 Å². The molecule has 0 saturated heterocycles. The Hall–Kier alpha value is -3.29. The van der Waals surface area contributed by atoms with E-state index in [9.17, 15) is 9.59 Å². The van der Waals surface area contributed by atoms with Crippen LogP contribution in [0.25, 0.3) is 5.78 Å². The maximum Gasteiger partial charge on any atom is 0.306 e. The van der Waals surface area contributed by atoms with Crippen LogP contribution >= 0.6 is 0 Å². The summed E-state index contributed by atoms with van der Waals surface area (Å²) in [7, 11) is 0. The third-order valence-corrected chi connectivity index (χ3v) is 4.61. The lowest BCUT2D eigenvalue weighted by molar-refractivity contribution is -0.147. The minimum Gasteiger partial charge on any atom is -0.456 e. The number of hydrogen-bond acceptors (Lipinski definition) is 6. The Balaban J connectivity index is 1.57. The van der Waals surface area contributed by atoms with Crippen LogP contribution in [0.5, 0.6) is 0 Å². The van der Waals surface area contributed by atoms with Gasteiger partial charge in [0.2, 0.25) is 0 Å². The summed E-state index contributed by atoms with van der Waals surface area (Å²) in [4.78, 5) is 34.6. The first-order valence-electron chi connectivity index (χ1n) is 9.18. The zero-order valence-electron chi connectivity index (χ0n) is 16.3. The molecule has 0 N–H and O–H groups in total. The number of nitrogens with zero attached hydrogens (tertiary/aromatic N) is 5. The molecule has 0 unspecified atom stereocenters. The first-order chi connectivity index (χ1) is 13.5. The number of fused-ring (bicyclic) bond motifs is 1. The number of para-hydroxylation sites is 1. The summed E-state index contributed by atoms with van der Waals surface area (Å²) < 4.78 is 6.85. The zero-order chi connectivity index (χ0) is 20.1. The second kappa shape index (κ2) is 8.60. The molecule has 8 heteroatoms. The first-order valence-corrected chi connectivity index (χ1v) is 9.18. The average Bonchev–Trinajstić information content (AvgIpc) is 3.16.